The number of fused-ring (bicyclic) bond motifs is 1. The number of likely N-dealkylation sites (N-methyl/N-ethyl adjacent to an activating group) is 1. The number of nitrogens with one attached hydrogen (secondary N) is 1. The van der Waals surface area contributed by atoms with Gasteiger partial charge in [-0.3, -0.25) is 4.79 Å². The Morgan fingerprint density at radius 3 is 2.67 bits per heavy atom. The van der Waals surface area contributed by atoms with Crippen molar-refractivity contribution in [2.24, 2.45) is 5.92 Å². The molecule has 0 aromatic heterocycles. The molecule has 1 unspecified atom stereocenters. The summed E-state index contributed by atoms with van der Waals surface area (Å²) in [5.74, 6) is 0.562. The zero-order valence-corrected chi connectivity index (χ0v) is 11.6. The highest BCUT2D eigenvalue weighted by molar-refractivity contribution is 6.00. The molecule has 1 N–H and O–H groups in total. The van der Waals surface area contributed by atoms with Crippen molar-refractivity contribution in [3.63, 3.8) is 0 Å². The lowest BCUT2D eigenvalue weighted by molar-refractivity contribution is 0.0918. The Hall–Kier alpha value is -1.15. The van der Waals surface area contributed by atoms with Crippen molar-refractivity contribution in [1.29, 1.82) is 0 Å². The Morgan fingerprint density at radius 2 is 2.00 bits per heavy atom. The van der Waals surface area contributed by atoms with E-state index in [1.54, 1.807) is 0 Å². The molecule has 0 spiro atoms. The second-order valence-corrected chi connectivity index (χ2v) is 5.48. The molecule has 0 fully saturated rings. The molecule has 98 valence electrons. The normalized spacial score (nSPS) is 15.8. The minimum Gasteiger partial charge on any atom is -0.307 e. The van der Waals surface area contributed by atoms with Gasteiger partial charge in [0.1, 0.15) is 0 Å². The third-order valence-electron chi connectivity index (χ3n) is 3.76. The number of benzene rings is 1. The number of Topliss-reactive ketones (excluding diaryl/α,β-unsaturated/α-hetero) is 1. The highest BCUT2D eigenvalue weighted by Crippen LogP contribution is 2.24. The summed E-state index contributed by atoms with van der Waals surface area (Å²) in [6.45, 7) is 7.07. The fraction of sp³-hybridized carbons (Fsp3) is 0.562. The molecule has 2 heteroatoms. The van der Waals surface area contributed by atoms with Crippen LogP contribution in [0.5, 0.6) is 0 Å². The summed E-state index contributed by atoms with van der Waals surface area (Å²) in [7, 11) is 0. The number of hydrogen-bond acceptors (Lipinski definition) is 2. The Kier molecular flexibility index (Phi) is 4.18. The standard InChI is InChI=1S/C16H23NO/c1-4-17-15(11(2)3)16(18)14-9-8-12-6-5-7-13(12)10-14/h8-11,15,17H,4-7H2,1-3H3. The SMILES string of the molecule is CCNC(C(=O)c1ccc2c(c1)CCC2)C(C)C. The first-order valence-corrected chi connectivity index (χ1v) is 7.03. The van der Waals surface area contributed by atoms with E-state index in [2.05, 4.69) is 31.3 Å². The van der Waals surface area contributed by atoms with E-state index in [4.69, 9.17) is 0 Å². The minimum absolute atomic E-state index is 0.0607. The summed E-state index contributed by atoms with van der Waals surface area (Å²) in [5.41, 5.74) is 3.67. The largest absolute Gasteiger partial charge is 0.307 e. The van der Waals surface area contributed by atoms with E-state index < -0.39 is 0 Å². The van der Waals surface area contributed by atoms with Gasteiger partial charge in [0, 0.05) is 5.56 Å². The molecule has 2 rings (SSSR count). The van der Waals surface area contributed by atoms with Crippen molar-refractivity contribution in [2.45, 2.75) is 46.1 Å². The quantitative estimate of drug-likeness (QED) is 0.808. The topological polar surface area (TPSA) is 29.1 Å². The summed E-state index contributed by atoms with van der Waals surface area (Å²) in [6, 6.07) is 6.18. The van der Waals surface area contributed by atoms with Crippen molar-refractivity contribution in [2.75, 3.05) is 6.54 Å². The van der Waals surface area contributed by atoms with Gasteiger partial charge in [0.05, 0.1) is 6.04 Å². The van der Waals surface area contributed by atoms with E-state index in [0.717, 1.165) is 18.5 Å². The van der Waals surface area contributed by atoms with E-state index in [1.807, 2.05) is 13.0 Å². The van der Waals surface area contributed by atoms with Crippen LogP contribution in [0.4, 0.5) is 0 Å². The maximum absolute atomic E-state index is 12.5. The van der Waals surface area contributed by atoms with Crippen molar-refractivity contribution in [3.05, 3.63) is 34.9 Å². The summed E-state index contributed by atoms with van der Waals surface area (Å²) in [4.78, 5) is 12.5. The van der Waals surface area contributed by atoms with Crippen LogP contribution in [0.15, 0.2) is 18.2 Å². The fourth-order valence-electron chi connectivity index (χ4n) is 2.76. The van der Waals surface area contributed by atoms with E-state index >= 15 is 0 Å². The number of aryl methyl sites for hydroxylation is 2. The summed E-state index contributed by atoms with van der Waals surface area (Å²) < 4.78 is 0. The molecule has 0 radical (unpaired) electrons. The van der Waals surface area contributed by atoms with E-state index in [1.165, 1.54) is 24.0 Å². The van der Waals surface area contributed by atoms with Crippen LogP contribution in [0.2, 0.25) is 0 Å². The molecule has 18 heavy (non-hydrogen) atoms. The molecule has 1 atom stereocenters. The minimum atomic E-state index is -0.0607. The van der Waals surface area contributed by atoms with Gasteiger partial charge < -0.3 is 5.32 Å². The Bertz CT molecular complexity index is 437. The predicted molar refractivity (Wildman–Crippen MR) is 75.1 cm³/mol. The lowest BCUT2D eigenvalue weighted by atomic mass is 9.93. The molecule has 1 aromatic rings. The monoisotopic (exact) mass is 245 g/mol. The first-order chi connectivity index (χ1) is 8.63. The van der Waals surface area contributed by atoms with E-state index in [0.29, 0.717) is 5.92 Å². The van der Waals surface area contributed by atoms with Gasteiger partial charge in [0.25, 0.3) is 0 Å². The first kappa shape index (κ1) is 13.3. The molecule has 1 aromatic carbocycles. The fourth-order valence-corrected chi connectivity index (χ4v) is 2.76. The predicted octanol–water partition coefficient (Wildman–Crippen LogP) is 2.99. The molecule has 0 bridgehead atoms. The van der Waals surface area contributed by atoms with Crippen LogP contribution in [-0.2, 0) is 12.8 Å². The van der Waals surface area contributed by atoms with Crippen LogP contribution in [0.25, 0.3) is 0 Å². The zero-order valence-electron chi connectivity index (χ0n) is 11.6. The molecule has 0 saturated heterocycles. The van der Waals surface area contributed by atoms with Crippen LogP contribution in [0.3, 0.4) is 0 Å². The second kappa shape index (κ2) is 5.66. The van der Waals surface area contributed by atoms with Crippen LogP contribution in [0.1, 0.15) is 48.7 Å². The summed E-state index contributed by atoms with van der Waals surface area (Å²) in [6.07, 6.45) is 3.53. The summed E-state index contributed by atoms with van der Waals surface area (Å²) >= 11 is 0. The molecule has 1 aliphatic carbocycles. The average Bonchev–Trinajstić information content (AvgIpc) is 2.81. The van der Waals surface area contributed by atoms with Crippen LogP contribution < -0.4 is 5.32 Å². The van der Waals surface area contributed by atoms with Gasteiger partial charge in [0.2, 0.25) is 0 Å². The number of carbonyl (C=O) groups is 1. The lowest BCUT2D eigenvalue weighted by Crippen LogP contribution is -2.40. The molecule has 2 nitrogen and oxygen atoms in total. The highest BCUT2D eigenvalue weighted by atomic mass is 16.1. The molecule has 0 heterocycles. The average molecular weight is 245 g/mol. The molecular weight excluding hydrogens is 222 g/mol. The van der Waals surface area contributed by atoms with Gasteiger partial charge in [0.15, 0.2) is 5.78 Å². The van der Waals surface area contributed by atoms with E-state index in [-0.39, 0.29) is 11.8 Å². The van der Waals surface area contributed by atoms with Crippen molar-refractivity contribution in [1.82, 2.24) is 5.32 Å². The molecule has 0 aliphatic heterocycles. The molecule has 1 aliphatic rings. The van der Waals surface area contributed by atoms with Gasteiger partial charge in [-0.25, -0.2) is 0 Å². The smallest absolute Gasteiger partial charge is 0.179 e. The van der Waals surface area contributed by atoms with Gasteiger partial charge >= 0.3 is 0 Å². The van der Waals surface area contributed by atoms with E-state index in [9.17, 15) is 4.79 Å². The Morgan fingerprint density at radius 1 is 1.28 bits per heavy atom. The van der Waals surface area contributed by atoms with Gasteiger partial charge in [-0.1, -0.05) is 32.9 Å². The highest BCUT2D eigenvalue weighted by Gasteiger charge is 2.23. The third-order valence-corrected chi connectivity index (χ3v) is 3.76. The second-order valence-electron chi connectivity index (χ2n) is 5.48. The maximum atomic E-state index is 12.5. The summed E-state index contributed by atoms with van der Waals surface area (Å²) in [5, 5.41) is 3.30. The number of rotatable bonds is 5. The number of carbonyl (C=O) groups excluding carboxylic acids is 1. The van der Waals surface area contributed by atoms with Gasteiger partial charge in [-0.15, -0.1) is 0 Å². The Balaban J connectivity index is 2.22. The third kappa shape index (κ3) is 2.64. The van der Waals surface area contributed by atoms with Crippen LogP contribution in [-0.4, -0.2) is 18.4 Å². The van der Waals surface area contributed by atoms with Crippen molar-refractivity contribution in [3.8, 4) is 0 Å². The number of hydrogen-bond donors (Lipinski definition) is 1. The van der Waals surface area contributed by atoms with Crippen LogP contribution in [0, 0.1) is 5.92 Å². The van der Waals surface area contributed by atoms with Crippen molar-refractivity contribution >= 4 is 5.78 Å². The Labute approximate surface area is 110 Å². The maximum Gasteiger partial charge on any atom is 0.179 e. The van der Waals surface area contributed by atoms with Crippen molar-refractivity contribution < 1.29 is 4.79 Å². The zero-order chi connectivity index (χ0) is 13.1. The molecule has 0 saturated carbocycles. The lowest BCUT2D eigenvalue weighted by Gasteiger charge is -2.20. The van der Waals surface area contributed by atoms with Gasteiger partial charge in [-0.05, 0) is 48.9 Å². The molecule has 0 amide bonds. The van der Waals surface area contributed by atoms with Gasteiger partial charge in [-0.2, -0.15) is 0 Å². The number of ketones is 1. The first-order valence-electron chi connectivity index (χ1n) is 7.03. The van der Waals surface area contributed by atoms with Crippen LogP contribution >= 0.6 is 0 Å². The molecular formula is C16H23NO.